The van der Waals surface area contributed by atoms with Crippen LogP contribution in [0, 0.1) is 12.3 Å². The lowest BCUT2D eigenvalue weighted by Crippen LogP contribution is -2.24. The average Bonchev–Trinajstić information content (AvgIpc) is 2.75. The third-order valence-electron chi connectivity index (χ3n) is 2.46. The number of anilines is 1. The number of rotatable bonds is 4. The van der Waals surface area contributed by atoms with E-state index in [-0.39, 0.29) is 6.04 Å². The SMILES string of the molecule is C=CC(=N)C(C)Nc1nc(C)nc2[nH]ncc12. The van der Waals surface area contributed by atoms with Crippen molar-refractivity contribution in [2.45, 2.75) is 19.9 Å². The number of nitrogens with zero attached hydrogens (tertiary/aromatic N) is 3. The van der Waals surface area contributed by atoms with E-state index >= 15 is 0 Å². The van der Waals surface area contributed by atoms with E-state index in [1.165, 1.54) is 6.08 Å². The molecule has 0 spiro atoms. The summed E-state index contributed by atoms with van der Waals surface area (Å²) in [7, 11) is 0. The summed E-state index contributed by atoms with van der Waals surface area (Å²) in [6.07, 6.45) is 3.18. The number of aromatic amines is 1. The van der Waals surface area contributed by atoms with E-state index in [2.05, 4.69) is 32.1 Å². The first kappa shape index (κ1) is 11.3. The lowest BCUT2D eigenvalue weighted by Gasteiger charge is -2.14. The first-order valence-corrected chi connectivity index (χ1v) is 5.27. The van der Waals surface area contributed by atoms with Crippen LogP contribution in [0.2, 0.25) is 0 Å². The molecule has 1 atom stereocenters. The molecule has 0 aliphatic heterocycles. The van der Waals surface area contributed by atoms with Crippen molar-refractivity contribution in [3.63, 3.8) is 0 Å². The Hall–Kier alpha value is -2.24. The third kappa shape index (κ3) is 2.15. The van der Waals surface area contributed by atoms with E-state index in [1.54, 1.807) is 6.20 Å². The van der Waals surface area contributed by atoms with Crippen LogP contribution in [0.15, 0.2) is 18.9 Å². The molecule has 88 valence electrons. The molecule has 6 heteroatoms. The quantitative estimate of drug-likeness (QED) is 0.697. The minimum absolute atomic E-state index is 0.153. The van der Waals surface area contributed by atoms with Crippen LogP contribution >= 0.6 is 0 Å². The van der Waals surface area contributed by atoms with Gasteiger partial charge in [-0.2, -0.15) is 5.10 Å². The van der Waals surface area contributed by atoms with Crippen molar-refractivity contribution in [2.75, 3.05) is 5.32 Å². The zero-order valence-corrected chi connectivity index (χ0v) is 9.78. The van der Waals surface area contributed by atoms with Gasteiger partial charge >= 0.3 is 0 Å². The summed E-state index contributed by atoms with van der Waals surface area (Å²) in [4.78, 5) is 8.54. The molecule has 2 rings (SSSR count). The van der Waals surface area contributed by atoms with Gasteiger partial charge in [0.1, 0.15) is 11.6 Å². The molecule has 0 saturated heterocycles. The van der Waals surface area contributed by atoms with E-state index in [1.807, 2.05) is 13.8 Å². The monoisotopic (exact) mass is 230 g/mol. The van der Waals surface area contributed by atoms with Crippen LogP contribution in [0.3, 0.4) is 0 Å². The average molecular weight is 230 g/mol. The molecule has 0 aromatic carbocycles. The standard InChI is InChI=1S/C11H14N6/c1-4-9(12)6(2)14-10-8-5-13-17-11(8)16-7(3)15-10/h4-6,12H,1H2,2-3H3,(H2,13,14,15,16,17). The summed E-state index contributed by atoms with van der Waals surface area (Å²) in [6.45, 7) is 7.27. The highest BCUT2D eigenvalue weighted by Gasteiger charge is 2.11. The number of aryl methyl sites for hydroxylation is 1. The predicted octanol–water partition coefficient (Wildman–Crippen LogP) is 1.67. The second kappa shape index (κ2) is 4.32. The van der Waals surface area contributed by atoms with Crippen LogP contribution in [0.5, 0.6) is 0 Å². The summed E-state index contributed by atoms with van der Waals surface area (Å²) < 4.78 is 0. The summed E-state index contributed by atoms with van der Waals surface area (Å²) >= 11 is 0. The van der Waals surface area contributed by atoms with Crippen molar-refractivity contribution in [2.24, 2.45) is 0 Å². The number of hydrogen-bond acceptors (Lipinski definition) is 5. The Balaban J connectivity index is 2.37. The number of hydrogen-bond donors (Lipinski definition) is 3. The van der Waals surface area contributed by atoms with Crippen LogP contribution in [-0.2, 0) is 0 Å². The molecule has 2 aromatic heterocycles. The van der Waals surface area contributed by atoms with Crippen molar-refractivity contribution in [1.29, 1.82) is 5.41 Å². The molecular formula is C11H14N6. The molecule has 17 heavy (non-hydrogen) atoms. The minimum Gasteiger partial charge on any atom is -0.361 e. The Morgan fingerprint density at radius 1 is 1.59 bits per heavy atom. The molecule has 2 aromatic rings. The van der Waals surface area contributed by atoms with E-state index in [0.717, 1.165) is 5.39 Å². The van der Waals surface area contributed by atoms with Gasteiger partial charge < -0.3 is 10.7 Å². The number of nitrogens with one attached hydrogen (secondary N) is 3. The summed E-state index contributed by atoms with van der Waals surface area (Å²) in [6, 6.07) is -0.153. The fourth-order valence-corrected chi connectivity index (χ4v) is 1.52. The zero-order chi connectivity index (χ0) is 12.4. The Morgan fingerprint density at radius 3 is 3.06 bits per heavy atom. The van der Waals surface area contributed by atoms with Gasteiger partial charge in [-0.15, -0.1) is 0 Å². The molecule has 0 bridgehead atoms. The van der Waals surface area contributed by atoms with Crippen LogP contribution in [-0.4, -0.2) is 31.9 Å². The van der Waals surface area contributed by atoms with Crippen LogP contribution in [0.4, 0.5) is 5.82 Å². The van der Waals surface area contributed by atoms with Gasteiger partial charge in [-0.1, -0.05) is 6.58 Å². The van der Waals surface area contributed by atoms with Crippen molar-refractivity contribution in [3.8, 4) is 0 Å². The minimum atomic E-state index is -0.153. The van der Waals surface area contributed by atoms with Crippen LogP contribution in [0.1, 0.15) is 12.7 Å². The van der Waals surface area contributed by atoms with E-state index in [4.69, 9.17) is 5.41 Å². The van der Waals surface area contributed by atoms with Gasteiger partial charge in [0.25, 0.3) is 0 Å². The molecule has 2 heterocycles. The van der Waals surface area contributed by atoms with Gasteiger partial charge in [-0.3, -0.25) is 5.10 Å². The molecule has 1 unspecified atom stereocenters. The number of fused-ring (bicyclic) bond motifs is 1. The molecule has 0 fully saturated rings. The second-order valence-electron chi connectivity index (χ2n) is 3.78. The van der Waals surface area contributed by atoms with Gasteiger partial charge in [0.05, 0.1) is 23.3 Å². The Morgan fingerprint density at radius 2 is 2.35 bits per heavy atom. The summed E-state index contributed by atoms with van der Waals surface area (Å²) in [5.74, 6) is 1.34. The third-order valence-corrected chi connectivity index (χ3v) is 2.46. The van der Waals surface area contributed by atoms with Gasteiger partial charge in [0.15, 0.2) is 5.65 Å². The Labute approximate surface area is 98.7 Å². The highest BCUT2D eigenvalue weighted by Crippen LogP contribution is 2.18. The maximum Gasteiger partial charge on any atom is 0.161 e. The normalized spacial score (nSPS) is 12.4. The first-order valence-electron chi connectivity index (χ1n) is 5.27. The second-order valence-corrected chi connectivity index (χ2v) is 3.78. The Kier molecular flexibility index (Phi) is 2.86. The van der Waals surface area contributed by atoms with Crippen LogP contribution in [0.25, 0.3) is 11.0 Å². The lowest BCUT2D eigenvalue weighted by molar-refractivity contribution is 0.996. The topological polar surface area (TPSA) is 90.3 Å². The maximum atomic E-state index is 7.67. The summed E-state index contributed by atoms with van der Waals surface area (Å²) in [5.41, 5.74) is 1.11. The molecule has 0 aliphatic carbocycles. The molecule has 6 nitrogen and oxygen atoms in total. The van der Waals surface area contributed by atoms with Gasteiger partial charge in [0, 0.05) is 0 Å². The molecule has 0 amide bonds. The molecule has 0 aliphatic rings. The highest BCUT2D eigenvalue weighted by atomic mass is 15.2. The molecule has 0 saturated carbocycles. The van der Waals surface area contributed by atoms with Gasteiger partial charge in [-0.05, 0) is 19.9 Å². The first-order chi connectivity index (χ1) is 8.11. The van der Waals surface area contributed by atoms with Crippen molar-refractivity contribution < 1.29 is 0 Å². The van der Waals surface area contributed by atoms with Gasteiger partial charge in [-0.25, -0.2) is 9.97 Å². The molecule has 0 radical (unpaired) electrons. The fraction of sp³-hybridized carbons (Fsp3) is 0.273. The van der Waals surface area contributed by atoms with Crippen molar-refractivity contribution >= 4 is 22.6 Å². The maximum absolute atomic E-state index is 7.67. The highest BCUT2D eigenvalue weighted by molar-refractivity contribution is 5.99. The largest absolute Gasteiger partial charge is 0.361 e. The van der Waals surface area contributed by atoms with Crippen molar-refractivity contribution in [1.82, 2.24) is 20.2 Å². The number of aromatic nitrogens is 4. The van der Waals surface area contributed by atoms with Crippen molar-refractivity contribution in [3.05, 3.63) is 24.7 Å². The van der Waals surface area contributed by atoms with E-state index in [9.17, 15) is 0 Å². The predicted molar refractivity (Wildman–Crippen MR) is 67.4 cm³/mol. The number of H-pyrrole nitrogens is 1. The zero-order valence-electron chi connectivity index (χ0n) is 9.78. The molecule has 3 N–H and O–H groups in total. The smallest absolute Gasteiger partial charge is 0.161 e. The van der Waals surface area contributed by atoms with E-state index < -0.39 is 0 Å². The van der Waals surface area contributed by atoms with Gasteiger partial charge in [0.2, 0.25) is 0 Å². The van der Waals surface area contributed by atoms with Crippen LogP contribution < -0.4 is 5.32 Å². The fourth-order valence-electron chi connectivity index (χ4n) is 1.52. The summed E-state index contributed by atoms with van der Waals surface area (Å²) in [5, 5.41) is 18.4. The van der Waals surface area contributed by atoms with E-state index in [0.29, 0.717) is 23.0 Å². The lowest BCUT2D eigenvalue weighted by atomic mass is 10.2. The molecular weight excluding hydrogens is 216 g/mol. The Bertz CT molecular complexity index is 570.